The van der Waals surface area contributed by atoms with Gasteiger partial charge in [-0.15, -0.1) is 11.3 Å². The molecular weight excluding hydrogens is 350 g/mol. The Morgan fingerprint density at radius 3 is 2.85 bits per heavy atom. The van der Waals surface area contributed by atoms with Crippen molar-refractivity contribution in [1.29, 1.82) is 0 Å². The highest BCUT2D eigenvalue weighted by Gasteiger charge is 2.41. The molecule has 0 radical (unpaired) electrons. The monoisotopic (exact) mass is 367 g/mol. The minimum Gasteiger partial charge on any atom is -0.465 e. The van der Waals surface area contributed by atoms with Crippen LogP contribution in [-0.2, 0) is 4.79 Å². The molecule has 7 heteroatoms. The van der Waals surface area contributed by atoms with Crippen LogP contribution in [0.3, 0.4) is 0 Å². The quantitative estimate of drug-likeness (QED) is 0.741. The van der Waals surface area contributed by atoms with Crippen molar-refractivity contribution >= 4 is 39.8 Å². The van der Waals surface area contributed by atoms with Gasteiger partial charge in [0.1, 0.15) is 0 Å². The van der Waals surface area contributed by atoms with Gasteiger partial charge >= 0.3 is 6.09 Å². The molecule has 3 heterocycles. The molecule has 3 aromatic rings. The van der Waals surface area contributed by atoms with Crippen LogP contribution >= 0.6 is 11.3 Å². The molecule has 0 bridgehead atoms. The number of rotatable bonds is 3. The van der Waals surface area contributed by atoms with Crippen LogP contribution in [0, 0.1) is 5.92 Å². The van der Waals surface area contributed by atoms with E-state index in [4.69, 9.17) is 0 Å². The number of fused-ring (bicyclic) bond motifs is 1. The number of anilines is 1. The van der Waals surface area contributed by atoms with Crippen molar-refractivity contribution in [1.82, 2.24) is 9.88 Å². The Labute approximate surface area is 154 Å². The second-order valence-corrected chi connectivity index (χ2v) is 7.29. The van der Waals surface area contributed by atoms with Gasteiger partial charge < -0.3 is 15.3 Å². The highest BCUT2D eigenvalue weighted by Crippen LogP contribution is 2.36. The zero-order valence-electron chi connectivity index (χ0n) is 13.8. The lowest BCUT2D eigenvalue weighted by Gasteiger charge is -2.17. The van der Waals surface area contributed by atoms with Crippen LogP contribution in [0.4, 0.5) is 10.5 Å². The van der Waals surface area contributed by atoms with Crippen LogP contribution in [0.25, 0.3) is 10.8 Å². The van der Waals surface area contributed by atoms with Gasteiger partial charge in [0.15, 0.2) is 0 Å². The number of aromatic nitrogens is 1. The SMILES string of the molecule is O=C(Nc1cccc2cnccc12)[C@H]1CN(C(=O)O)C[C@@H]1c1cccs1. The topological polar surface area (TPSA) is 82.5 Å². The third kappa shape index (κ3) is 3.01. The van der Waals surface area contributed by atoms with Gasteiger partial charge in [-0.1, -0.05) is 18.2 Å². The number of carboxylic acid groups (broad SMARTS) is 1. The summed E-state index contributed by atoms with van der Waals surface area (Å²) in [6.07, 6.45) is 2.45. The number of carbonyl (C=O) groups excluding carboxylic acids is 1. The van der Waals surface area contributed by atoms with Gasteiger partial charge in [0, 0.05) is 52.7 Å². The first-order chi connectivity index (χ1) is 12.6. The minimum absolute atomic E-state index is 0.122. The number of nitrogens with one attached hydrogen (secondary N) is 1. The Hall–Kier alpha value is -2.93. The van der Waals surface area contributed by atoms with E-state index >= 15 is 0 Å². The molecule has 26 heavy (non-hydrogen) atoms. The van der Waals surface area contributed by atoms with Gasteiger partial charge in [-0.3, -0.25) is 9.78 Å². The largest absolute Gasteiger partial charge is 0.465 e. The number of hydrogen-bond donors (Lipinski definition) is 2. The fraction of sp³-hybridized carbons (Fsp3) is 0.211. The maximum absolute atomic E-state index is 13.0. The van der Waals surface area contributed by atoms with E-state index < -0.39 is 12.0 Å². The van der Waals surface area contributed by atoms with E-state index in [1.807, 2.05) is 41.8 Å². The van der Waals surface area contributed by atoms with Crippen LogP contribution in [0.5, 0.6) is 0 Å². The van der Waals surface area contributed by atoms with E-state index in [1.165, 1.54) is 4.90 Å². The lowest BCUT2D eigenvalue weighted by molar-refractivity contribution is -0.119. The van der Waals surface area contributed by atoms with Gasteiger partial charge in [-0.25, -0.2) is 4.79 Å². The Balaban J connectivity index is 1.62. The van der Waals surface area contributed by atoms with Crippen molar-refractivity contribution in [2.24, 2.45) is 5.92 Å². The number of hydrogen-bond acceptors (Lipinski definition) is 4. The predicted molar refractivity (Wildman–Crippen MR) is 101 cm³/mol. The maximum Gasteiger partial charge on any atom is 0.407 e. The number of thiophene rings is 1. The molecule has 4 rings (SSSR count). The molecule has 2 atom stereocenters. The first-order valence-corrected chi connectivity index (χ1v) is 9.16. The zero-order chi connectivity index (χ0) is 18.1. The van der Waals surface area contributed by atoms with E-state index in [1.54, 1.807) is 23.7 Å². The molecule has 0 aliphatic carbocycles. The molecule has 1 saturated heterocycles. The number of nitrogens with zero attached hydrogens (tertiary/aromatic N) is 2. The number of amides is 2. The molecule has 1 aromatic carbocycles. The third-order valence-corrected chi connectivity index (χ3v) is 5.78. The summed E-state index contributed by atoms with van der Waals surface area (Å²) >= 11 is 1.56. The smallest absolute Gasteiger partial charge is 0.407 e. The van der Waals surface area contributed by atoms with Gasteiger partial charge in [-0.05, 0) is 23.6 Å². The summed E-state index contributed by atoms with van der Waals surface area (Å²) in [5.74, 6) is -0.693. The summed E-state index contributed by atoms with van der Waals surface area (Å²) in [7, 11) is 0. The van der Waals surface area contributed by atoms with E-state index in [9.17, 15) is 14.7 Å². The molecule has 132 valence electrons. The van der Waals surface area contributed by atoms with Gasteiger partial charge in [-0.2, -0.15) is 0 Å². The van der Waals surface area contributed by atoms with Crippen LogP contribution in [0.15, 0.2) is 54.2 Å². The first kappa shape index (κ1) is 16.5. The van der Waals surface area contributed by atoms with Crippen molar-refractivity contribution in [3.05, 3.63) is 59.0 Å². The molecule has 1 aliphatic rings. The molecule has 0 unspecified atom stereocenters. The van der Waals surface area contributed by atoms with Crippen molar-refractivity contribution in [3.63, 3.8) is 0 Å². The minimum atomic E-state index is -0.988. The summed E-state index contributed by atoms with van der Waals surface area (Å²) in [4.78, 5) is 30.9. The zero-order valence-corrected chi connectivity index (χ0v) is 14.6. The predicted octanol–water partition coefficient (Wildman–Crippen LogP) is 3.63. The highest BCUT2D eigenvalue weighted by molar-refractivity contribution is 7.10. The first-order valence-electron chi connectivity index (χ1n) is 8.28. The van der Waals surface area contributed by atoms with Crippen molar-refractivity contribution in [2.75, 3.05) is 18.4 Å². The lowest BCUT2D eigenvalue weighted by atomic mass is 9.93. The summed E-state index contributed by atoms with van der Waals surface area (Å²) < 4.78 is 0. The lowest BCUT2D eigenvalue weighted by Crippen LogP contribution is -2.30. The Bertz CT molecular complexity index is 952. The third-order valence-electron chi connectivity index (χ3n) is 4.77. The summed E-state index contributed by atoms with van der Waals surface area (Å²) in [6, 6.07) is 11.4. The summed E-state index contributed by atoms with van der Waals surface area (Å²) in [5, 5.41) is 16.2. The molecule has 0 spiro atoms. The maximum atomic E-state index is 13.0. The van der Waals surface area contributed by atoms with E-state index in [2.05, 4.69) is 10.3 Å². The normalized spacial score (nSPS) is 19.6. The highest BCUT2D eigenvalue weighted by atomic mass is 32.1. The van der Waals surface area contributed by atoms with E-state index in [-0.39, 0.29) is 18.4 Å². The fourth-order valence-electron chi connectivity index (χ4n) is 3.47. The van der Waals surface area contributed by atoms with Crippen molar-refractivity contribution in [2.45, 2.75) is 5.92 Å². The molecule has 1 fully saturated rings. The second kappa shape index (κ2) is 6.76. The average Bonchev–Trinajstić information content (AvgIpc) is 3.31. The van der Waals surface area contributed by atoms with Crippen LogP contribution in [0.2, 0.25) is 0 Å². The fourth-order valence-corrected chi connectivity index (χ4v) is 4.36. The Morgan fingerprint density at radius 2 is 2.08 bits per heavy atom. The molecule has 0 saturated carbocycles. The van der Waals surface area contributed by atoms with E-state index in [0.717, 1.165) is 15.6 Å². The number of carbonyl (C=O) groups is 2. The molecule has 2 aromatic heterocycles. The summed E-state index contributed by atoms with van der Waals surface area (Å²) in [5.41, 5.74) is 0.716. The molecule has 2 amide bonds. The molecule has 2 N–H and O–H groups in total. The number of pyridine rings is 1. The van der Waals surface area contributed by atoms with Crippen LogP contribution in [-0.4, -0.2) is 40.1 Å². The Kier molecular flexibility index (Phi) is 4.30. The molecule has 1 aliphatic heterocycles. The van der Waals surface area contributed by atoms with Crippen LogP contribution < -0.4 is 5.32 Å². The molecular formula is C19H17N3O3S. The second-order valence-electron chi connectivity index (χ2n) is 6.31. The molecule has 6 nitrogen and oxygen atoms in total. The standard InChI is InChI=1S/C19H17N3O3S/c23-18(21-16-4-1-3-12-9-20-7-6-13(12)16)15-11-22(19(24)25)10-14(15)17-5-2-8-26-17/h1-9,14-15H,10-11H2,(H,21,23)(H,24,25)/t14-,15-/m0/s1. The number of benzene rings is 1. The van der Waals surface area contributed by atoms with Gasteiger partial charge in [0.2, 0.25) is 5.91 Å². The van der Waals surface area contributed by atoms with Crippen molar-refractivity contribution in [3.8, 4) is 0 Å². The number of likely N-dealkylation sites (tertiary alicyclic amines) is 1. The Morgan fingerprint density at radius 1 is 1.19 bits per heavy atom. The van der Waals surface area contributed by atoms with Gasteiger partial charge in [0.25, 0.3) is 0 Å². The average molecular weight is 367 g/mol. The van der Waals surface area contributed by atoms with Crippen LogP contribution in [0.1, 0.15) is 10.8 Å². The van der Waals surface area contributed by atoms with Gasteiger partial charge in [0.05, 0.1) is 5.92 Å². The van der Waals surface area contributed by atoms with Crippen molar-refractivity contribution < 1.29 is 14.7 Å². The van der Waals surface area contributed by atoms with E-state index in [0.29, 0.717) is 12.2 Å². The summed E-state index contributed by atoms with van der Waals surface area (Å²) in [6.45, 7) is 0.545.